The lowest BCUT2D eigenvalue weighted by molar-refractivity contribution is -0.145. The molecule has 3 atom stereocenters. The van der Waals surface area contributed by atoms with Gasteiger partial charge in [-0.05, 0) is 36.8 Å². The highest BCUT2D eigenvalue weighted by Crippen LogP contribution is 2.64. The minimum absolute atomic E-state index is 0.0479. The number of hydrogen-bond donors (Lipinski definition) is 0. The van der Waals surface area contributed by atoms with Crippen LogP contribution in [0.1, 0.15) is 25.8 Å². The lowest BCUT2D eigenvalue weighted by Gasteiger charge is -2.15. The maximum atomic E-state index is 12.2. The van der Waals surface area contributed by atoms with Crippen LogP contribution in [0.25, 0.3) is 0 Å². The van der Waals surface area contributed by atoms with Crippen molar-refractivity contribution in [2.75, 3.05) is 6.61 Å². The predicted molar refractivity (Wildman–Crippen MR) is 86.3 cm³/mol. The quantitative estimate of drug-likeness (QED) is 0.705. The number of carbonyl (C=O) groups is 1. The second kappa shape index (κ2) is 6.85. The molecule has 0 aromatic heterocycles. The third-order valence-electron chi connectivity index (χ3n) is 4.41. The van der Waals surface area contributed by atoms with E-state index >= 15 is 0 Å². The largest absolute Gasteiger partial charge is 0.466 e. The Morgan fingerprint density at radius 2 is 1.95 bits per heavy atom. The molecule has 3 unspecified atom stereocenters. The number of halogens is 2. The van der Waals surface area contributed by atoms with Gasteiger partial charge in [-0.15, -0.1) is 0 Å². The summed E-state index contributed by atoms with van der Waals surface area (Å²) in [5.41, 5.74) is 1.08. The van der Waals surface area contributed by atoms with Gasteiger partial charge in [0.2, 0.25) is 0 Å². The number of rotatable bonds is 6. The van der Waals surface area contributed by atoms with Gasteiger partial charge in [0.15, 0.2) is 0 Å². The Kier molecular flexibility index (Phi) is 5.34. The molecule has 0 saturated heterocycles. The molecule has 2 nitrogen and oxygen atoms in total. The number of carbonyl (C=O) groups excluding carboxylic acids is 1. The van der Waals surface area contributed by atoms with Crippen LogP contribution in [0.5, 0.6) is 0 Å². The van der Waals surface area contributed by atoms with Crippen molar-refractivity contribution in [3.63, 3.8) is 0 Å². The molecule has 1 fully saturated rings. The van der Waals surface area contributed by atoms with Gasteiger partial charge in [-0.1, -0.05) is 60.5 Å². The zero-order valence-electron chi connectivity index (χ0n) is 12.3. The monoisotopic (exact) mass is 326 g/mol. The van der Waals surface area contributed by atoms with Gasteiger partial charge in [0.05, 0.1) is 12.5 Å². The fourth-order valence-corrected chi connectivity index (χ4v) is 3.59. The first kappa shape index (κ1) is 16.4. The van der Waals surface area contributed by atoms with E-state index in [1.165, 1.54) is 5.56 Å². The number of esters is 1. The Hall–Kier alpha value is -0.990. The van der Waals surface area contributed by atoms with E-state index in [1.807, 2.05) is 25.1 Å². The van der Waals surface area contributed by atoms with Crippen LogP contribution in [0, 0.1) is 17.3 Å². The van der Waals surface area contributed by atoms with Crippen LogP contribution in [0.4, 0.5) is 0 Å². The summed E-state index contributed by atoms with van der Waals surface area (Å²) in [6, 6.07) is 10.2. The topological polar surface area (TPSA) is 26.3 Å². The van der Waals surface area contributed by atoms with Crippen molar-refractivity contribution in [2.45, 2.75) is 26.7 Å². The van der Waals surface area contributed by atoms with Crippen molar-refractivity contribution >= 4 is 29.2 Å². The summed E-state index contributed by atoms with van der Waals surface area (Å²) in [6.07, 6.45) is 3.50. The maximum Gasteiger partial charge on any atom is 0.310 e. The van der Waals surface area contributed by atoms with Gasteiger partial charge in [-0.3, -0.25) is 4.79 Å². The highest BCUT2D eigenvalue weighted by molar-refractivity contribution is 6.55. The van der Waals surface area contributed by atoms with E-state index in [-0.39, 0.29) is 27.7 Å². The smallest absolute Gasteiger partial charge is 0.310 e. The normalized spacial score (nSPS) is 27.0. The molecule has 1 saturated carbocycles. The third kappa shape index (κ3) is 3.44. The molecule has 0 radical (unpaired) electrons. The predicted octanol–water partition coefficient (Wildman–Crippen LogP) is 4.75. The van der Waals surface area contributed by atoms with Gasteiger partial charge in [0.25, 0.3) is 0 Å². The van der Waals surface area contributed by atoms with Crippen LogP contribution in [0.2, 0.25) is 0 Å². The van der Waals surface area contributed by atoms with Gasteiger partial charge < -0.3 is 4.74 Å². The second-order valence-electron chi connectivity index (χ2n) is 5.46. The van der Waals surface area contributed by atoms with Crippen LogP contribution in [-0.4, -0.2) is 12.6 Å². The summed E-state index contributed by atoms with van der Waals surface area (Å²) in [4.78, 5) is 12.2. The number of benzene rings is 1. The van der Waals surface area contributed by atoms with Crippen LogP contribution in [-0.2, 0) is 16.0 Å². The number of ether oxygens (including phenoxy) is 1. The molecule has 1 aromatic rings. The Bertz CT molecular complexity index is 523. The Morgan fingerprint density at radius 1 is 1.29 bits per heavy atom. The third-order valence-corrected chi connectivity index (χ3v) is 4.67. The van der Waals surface area contributed by atoms with E-state index in [1.54, 1.807) is 6.08 Å². The van der Waals surface area contributed by atoms with Gasteiger partial charge >= 0.3 is 5.97 Å². The molecular formula is C17H20Cl2O2. The molecule has 0 heterocycles. The fourth-order valence-electron chi connectivity index (χ4n) is 3.32. The van der Waals surface area contributed by atoms with E-state index < -0.39 is 0 Å². The summed E-state index contributed by atoms with van der Waals surface area (Å²) < 4.78 is 5.44. The molecule has 0 aliphatic heterocycles. The van der Waals surface area contributed by atoms with Crippen molar-refractivity contribution in [3.8, 4) is 0 Å². The van der Waals surface area contributed by atoms with Crippen LogP contribution < -0.4 is 0 Å². The van der Waals surface area contributed by atoms with Crippen LogP contribution in [0.3, 0.4) is 0 Å². The molecule has 1 aliphatic carbocycles. The molecule has 4 heteroatoms. The zero-order valence-corrected chi connectivity index (χ0v) is 13.8. The SMILES string of the molecule is CCOC(=O)C1C(C=C(Cl)Cl)C1(CC)Cc1ccccc1. The summed E-state index contributed by atoms with van der Waals surface area (Å²) in [6.45, 7) is 4.32. The molecule has 114 valence electrons. The van der Waals surface area contributed by atoms with E-state index in [0.717, 1.165) is 12.8 Å². The molecule has 1 aliphatic rings. The minimum atomic E-state index is -0.157. The van der Waals surface area contributed by atoms with Gasteiger partial charge in [-0.2, -0.15) is 0 Å². The first-order valence-corrected chi connectivity index (χ1v) is 8.04. The van der Waals surface area contributed by atoms with E-state index in [2.05, 4.69) is 19.1 Å². The average molecular weight is 327 g/mol. The molecule has 0 bridgehead atoms. The molecule has 2 rings (SSSR count). The summed E-state index contributed by atoms with van der Waals surface area (Å²) in [5.74, 6) is -0.256. The van der Waals surface area contributed by atoms with E-state index in [9.17, 15) is 4.79 Å². The summed E-state index contributed by atoms with van der Waals surface area (Å²) in [7, 11) is 0. The molecule has 0 spiro atoms. The number of hydrogen-bond acceptors (Lipinski definition) is 2. The zero-order chi connectivity index (χ0) is 15.5. The first-order chi connectivity index (χ1) is 10.0. The average Bonchev–Trinajstić information content (AvgIpc) is 3.06. The molecule has 0 amide bonds. The van der Waals surface area contributed by atoms with Crippen molar-refractivity contribution < 1.29 is 9.53 Å². The second-order valence-corrected chi connectivity index (χ2v) is 6.47. The standard InChI is InChI=1S/C17H20Cl2O2/c1-3-17(11-12-8-6-5-7-9-12)13(10-14(18)19)15(17)16(20)21-4-2/h5-10,13,15H,3-4,11H2,1-2H3. The van der Waals surface area contributed by atoms with Gasteiger partial charge in [0, 0.05) is 5.92 Å². The molecule has 0 N–H and O–H groups in total. The van der Waals surface area contributed by atoms with E-state index in [0.29, 0.717) is 6.61 Å². The maximum absolute atomic E-state index is 12.2. The van der Waals surface area contributed by atoms with E-state index in [4.69, 9.17) is 27.9 Å². The van der Waals surface area contributed by atoms with Crippen molar-refractivity contribution in [1.82, 2.24) is 0 Å². The van der Waals surface area contributed by atoms with Crippen molar-refractivity contribution in [2.24, 2.45) is 17.3 Å². The highest BCUT2D eigenvalue weighted by atomic mass is 35.5. The Balaban J connectivity index is 2.26. The van der Waals surface area contributed by atoms with Gasteiger partial charge in [-0.25, -0.2) is 0 Å². The van der Waals surface area contributed by atoms with Crippen molar-refractivity contribution in [3.05, 3.63) is 46.5 Å². The fraction of sp³-hybridized carbons (Fsp3) is 0.471. The van der Waals surface area contributed by atoms with Crippen LogP contribution >= 0.6 is 23.2 Å². The Morgan fingerprint density at radius 3 is 2.48 bits per heavy atom. The summed E-state index contributed by atoms with van der Waals surface area (Å²) >= 11 is 11.6. The lowest BCUT2D eigenvalue weighted by Crippen LogP contribution is -2.15. The minimum Gasteiger partial charge on any atom is -0.466 e. The highest BCUT2D eigenvalue weighted by Gasteiger charge is 2.66. The molecular weight excluding hydrogens is 307 g/mol. The van der Waals surface area contributed by atoms with Crippen molar-refractivity contribution in [1.29, 1.82) is 0 Å². The first-order valence-electron chi connectivity index (χ1n) is 7.28. The number of allylic oxidation sites excluding steroid dienone is 1. The van der Waals surface area contributed by atoms with Crippen LogP contribution in [0.15, 0.2) is 40.9 Å². The Labute approximate surface area is 136 Å². The molecule has 21 heavy (non-hydrogen) atoms. The van der Waals surface area contributed by atoms with Gasteiger partial charge in [0.1, 0.15) is 4.49 Å². The molecule has 1 aromatic carbocycles. The lowest BCUT2D eigenvalue weighted by atomic mass is 9.89. The summed E-state index contributed by atoms with van der Waals surface area (Å²) in [5, 5.41) is 0.